The largest absolute Gasteiger partial charge is 0.465 e. The fourth-order valence-electron chi connectivity index (χ4n) is 1.54. The van der Waals surface area contributed by atoms with Gasteiger partial charge in [0.15, 0.2) is 5.78 Å². The SMILES string of the molecule is COC(=O)C(=CN(C)C)C(=O)C1CCCO1. The number of ketones is 1. The summed E-state index contributed by atoms with van der Waals surface area (Å²) in [4.78, 5) is 25.1. The van der Waals surface area contributed by atoms with Gasteiger partial charge in [0.2, 0.25) is 0 Å². The number of hydrogen-bond acceptors (Lipinski definition) is 5. The highest BCUT2D eigenvalue weighted by Crippen LogP contribution is 2.17. The summed E-state index contributed by atoms with van der Waals surface area (Å²) < 4.78 is 9.84. The highest BCUT2D eigenvalue weighted by molar-refractivity contribution is 6.18. The fourth-order valence-corrected chi connectivity index (χ4v) is 1.54. The molecule has 1 heterocycles. The minimum absolute atomic E-state index is 0.0411. The molecule has 1 saturated heterocycles. The maximum Gasteiger partial charge on any atom is 0.343 e. The lowest BCUT2D eigenvalue weighted by Crippen LogP contribution is -2.27. The van der Waals surface area contributed by atoms with Crippen molar-refractivity contribution < 1.29 is 19.1 Å². The number of carbonyl (C=O) groups is 2. The van der Waals surface area contributed by atoms with Crippen molar-refractivity contribution in [2.24, 2.45) is 0 Å². The standard InChI is InChI=1S/C11H17NO4/c1-12(2)7-8(11(14)15-3)10(13)9-5-4-6-16-9/h7,9H,4-6H2,1-3H3. The normalized spacial score (nSPS) is 20.7. The van der Waals surface area contributed by atoms with Crippen LogP contribution in [0, 0.1) is 0 Å². The van der Waals surface area contributed by atoms with Gasteiger partial charge in [-0.05, 0) is 12.8 Å². The summed E-state index contributed by atoms with van der Waals surface area (Å²) in [6.07, 6.45) is 2.49. The van der Waals surface area contributed by atoms with Crippen molar-refractivity contribution in [1.29, 1.82) is 0 Å². The topological polar surface area (TPSA) is 55.8 Å². The number of carbonyl (C=O) groups excluding carboxylic acids is 2. The first-order valence-electron chi connectivity index (χ1n) is 5.18. The Kier molecular flexibility index (Phi) is 4.49. The van der Waals surface area contributed by atoms with Crippen LogP contribution in [0.1, 0.15) is 12.8 Å². The Balaban J connectivity index is 2.83. The Morgan fingerprint density at radius 2 is 2.12 bits per heavy atom. The molecule has 0 aromatic heterocycles. The van der Waals surface area contributed by atoms with Gasteiger partial charge in [-0.25, -0.2) is 4.79 Å². The quantitative estimate of drug-likeness (QED) is 0.300. The number of ether oxygens (including phenoxy) is 2. The zero-order chi connectivity index (χ0) is 12.1. The molecular weight excluding hydrogens is 210 g/mol. The predicted octanol–water partition coefficient (Wildman–Crippen LogP) is 0.353. The Bertz CT molecular complexity index is 303. The number of Topliss-reactive ketones (excluding diaryl/α,β-unsaturated/α-hetero) is 1. The lowest BCUT2D eigenvalue weighted by Gasteiger charge is -2.12. The Morgan fingerprint density at radius 1 is 1.44 bits per heavy atom. The zero-order valence-electron chi connectivity index (χ0n) is 9.86. The number of esters is 1. The molecule has 1 atom stereocenters. The monoisotopic (exact) mass is 227 g/mol. The van der Waals surface area contributed by atoms with E-state index in [0.717, 1.165) is 6.42 Å². The third kappa shape index (κ3) is 3.06. The van der Waals surface area contributed by atoms with Crippen LogP contribution < -0.4 is 0 Å². The van der Waals surface area contributed by atoms with Gasteiger partial charge in [0.1, 0.15) is 11.7 Å². The van der Waals surface area contributed by atoms with Crippen LogP contribution in [0.15, 0.2) is 11.8 Å². The van der Waals surface area contributed by atoms with E-state index in [2.05, 4.69) is 4.74 Å². The van der Waals surface area contributed by atoms with E-state index < -0.39 is 12.1 Å². The van der Waals surface area contributed by atoms with Gasteiger partial charge in [-0.15, -0.1) is 0 Å². The second-order valence-corrected chi connectivity index (χ2v) is 3.86. The van der Waals surface area contributed by atoms with Crippen LogP contribution in [-0.2, 0) is 19.1 Å². The van der Waals surface area contributed by atoms with Crippen LogP contribution in [0.5, 0.6) is 0 Å². The average molecular weight is 227 g/mol. The molecule has 16 heavy (non-hydrogen) atoms. The smallest absolute Gasteiger partial charge is 0.343 e. The summed E-state index contributed by atoms with van der Waals surface area (Å²) in [7, 11) is 4.74. The molecule has 1 unspecified atom stereocenters. The van der Waals surface area contributed by atoms with Gasteiger partial charge in [0.25, 0.3) is 0 Å². The lowest BCUT2D eigenvalue weighted by molar-refractivity contribution is -0.139. The first-order valence-corrected chi connectivity index (χ1v) is 5.18. The Labute approximate surface area is 95.0 Å². The van der Waals surface area contributed by atoms with Crippen molar-refractivity contribution in [1.82, 2.24) is 4.90 Å². The molecular formula is C11H17NO4. The molecule has 5 heteroatoms. The highest BCUT2D eigenvalue weighted by atomic mass is 16.5. The van der Waals surface area contributed by atoms with Crippen LogP contribution in [-0.4, -0.2) is 50.6 Å². The van der Waals surface area contributed by atoms with Gasteiger partial charge in [-0.3, -0.25) is 4.79 Å². The van der Waals surface area contributed by atoms with E-state index in [-0.39, 0.29) is 11.4 Å². The van der Waals surface area contributed by atoms with Gasteiger partial charge in [-0.2, -0.15) is 0 Å². The summed E-state index contributed by atoms with van der Waals surface area (Å²) >= 11 is 0. The molecule has 0 N–H and O–H groups in total. The summed E-state index contributed by atoms with van der Waals surface area (Å²) in [5.41, 5.74) is 0.0411. The van der Waals surface area contributed by atoms with E-state index in [1.165, 1.54) is 13.3 Å². The van der Waals surface area contributed by atoms with E-state index >= 15 is 0 Å². The van der Waals surface area contributed by atoms with Crippen LogP contribution in [0.3, 0.4) is 0 Å². The number of methoxy groups -OCH3 is 1. The van der Waals surface area contributed by atoms with E-state index in [1.54, 1.807) is 19.0 Å². The van der Waals surface area contributed by atoms with Crippen LogP contribution in [0.4, 0.5) is 0 Å². The van der Waals surface area contributed by atoms with E-state index in [4.69, 9.17) is 4.74 Å². The van der Waals surface area contributed by atoms with Crippen molar-refractivity contribution in [3.8, 4) is 0 Å². The van der Waals surface area contributed by atoms with Crippen LogP contribution >= 0.6 is 0 Å². The molecule has 0 bridgehead atoms. The maximum absolute atomic E-state index is 12.0. The Morgan fingerprint density at radius 3 is 2.56 bits per heavy atom. The molecule has 0 amide bonds. The molecule has 5 nitrogen and oxygen atoms in total. The van der Waals surface area contributed by atoms with Crippen LogP contribution in [0.2, 0.25) is 0 Å². The summed E-state index contributed by atoms with van der Waals surface area (Å²) in [5.74, 6) is -0.910. The molecule has 0 aromatic rings. The number of rotatable bonds is 4. The van der Waals surface area contributed by atoms with Gasteiger partial charge < -0.3 is 14.4 Å². The van der Waals surface area contributed by atoms with Crippen molar-refractivity contribution in [2.45, 2.75) is 18.9 Å². The minimum atomic E-state index is -0.616. The molecule has 1 rings (SSSR count). The molecule has 1 fully saturated rings. The first-order chi connectivity index (χ1) is 7.56. The first kappa shape index (κ1) is 12.7. The average Bonchev–Trinajstić information content (AvgIpc) is 2.77. The summed E-state index contributed by atoms with van der Waals surface area (Å²) in [6.45, 7) is 0.576. The van der Waals surface area contributed by atoms with Crippen molar-refractivity contribution in [3.63, 3.8) is 0 Å². The molecule has 90 valence electrons. The molecule has 1 aliphatic rings. The molecule has 0 spiro atoms. The van der Waals surface area contributed by atoms with E-state index in [1.807, 2.05) is 0 Å². The van der Waals surface area contributed by atoms with Crippen molar-refractivity contribution in [2.75, 3.05) is 27.8 Å². The Hall–Kier alpha value is -1.36. The van der Waals surface area contributed by atoms with Gasteiger partial charge >= 0.3 is 5.97 Å². The predicted molar refractivity (Wildman–Crippen MR) is 57.8 cm³/mol. The third-order valence-electron chi connectivity index (χ3n) is 2.28. The number of hydrogen-bond donors (Lipinski definition) is 0. The maximum atomic E-state index is 12.0. The van der Waals surface area contributed by atoms with Gasteiger partial charge in [0.05, 0.1) is 7.11 Å². The molecule has 1 aliphatic heterocycles. The highest BCUT2D eigenvalue weighted by Gasteiger charge is 2.30. The zero-order valence-corrected chi connectivity index (χ0v) is 9.86. The second kappa shape index (κ2) is 5.65. The molecule has 0 radical (unpaired) electrons. The van der Waals surface area contributed by atoms with E-state index in [0.29, 0.717) is 13.0 Å². The molecule has 0 aromatic carbocycles. The molecule has 0 saturated carbocycles. The summed E-state index contributed by atoms with van der Waals surface area (Å²) in [6, 6.07) is 0. The third-order valence-corrected chi connectivity index (χ3v) is 2.28. The van der Waals surface area contributed by atoms with Gasteiger partial charge in [-0.1, -0.05) is 0 Å². The lowest BCUT2D eigenvalue weighted by atomic mass is 10.1. The van der Waals surface area contributed by atoms with Gasteiger partial charge in [0, 0.05) is 26.9 Å². The minimum Gasteiger partial charge on any atom is -0.465 e. The summed E-state index contributed by atoms with van der Waals surface area (Å²) in [5, 5.41) is 0. The van der Waals surface area contributed by atoms with E-state index in [9.17, 15) is 9.59 Å². The van der Waals surface area contributed by atoms with Crippen LogP contribution in [0.25, 0.3) is 0 Å². The van der Waals surface area contributed by atoms with Crippen molar-refractivity contribution in [3.05, 3.63) is 11.8 Å². The van der Waals surface area contributed by atoms with Crippen molar-refractivity contribution >= 4 is 11.8 Å². The second-order valence-electron chi connectivity index (χ2n) is 3.86. The fraction of sp³-hybridized carbons (Fsp3) is 0.636. The molecule has 0 aliphatic carbocycles. The number of nitrogens with zero attached hydrogens (tertiary/aromatic N) is 1.